The molecule has 2 heterocycles. The predicted octanol–water partition coefficient (Wildman–Crippen LogP) is 4.26. The van der Waals surface area contributed by atoms with Crippen molar-refractivity contribution in [3.8, 4) is 10.7 Å². The topological polar surface area (TPSA) is 37.8 Å². The zero-order valence-corrected chi connectivity index (χ0v) is 12.3. The van der Waals surface area contributed by atoms with Gasteiger partial charge in [0.1, 0.15) is 10.8 Å². The second-order valence-electron chi connectivity index (χ2n) is 4.67. The van der Waals surface area contributed by atoms with Gasteiger partial charge in [0.25, 0.3) is 0 Å². The summed E-state index contributed by atoms with van der Waals surface area (Å²) in [6.45, 7) is 2.51. The van der Waals surface area contributed by atoms with E-state index >= 15 is 0 Å². The number of aryl methyl sites for hydroxylation is 1. The van der Waals surface area contributed by atoms with Gasteiger partial charge in [0.2, 0.25) is 0 Å². The molecule has 0 aliphatic rings. The van der Waals surface area contributed by atoms with Crippen molar-refractivity contribution in [2.24, 2.45) is 0 Å². The van der Waals surface area contributed by atoms with Gasteiger partial charge in [-0.3, -0.25) is 4.98 Å². The SMILES string of the molecule is Cc1ccc(F)cc1NCc1csc(-c2ccccn2)n1. The Morgan fingerprint density at radius 3 is 2.95 bits per heavy atom. The lowest BCUT2D eigenvalue weighted by atomic mass is 10.2. The van der Waals surface area contributed by atoms with Gasteiger partial charge in [-0.2, -0.15) is 0 Å². The smallest absolute Gasteiger partial charge is 0.142 e. The monoisotopic (exact) mass is 299 g/mol. The van der Waals surface area contributed by atoms with Gasteiger partial charge in [0.05, 0.1) is 17.9 Å². The van der Waals surface area contributed by atoms with Crippen molar-refractivity contribution in [2.75, 3.05) is 5.32 Å². The summed E-state index contributed by atoms with van der Waals surface area (Å²) in [7, 11) is 0. The van der Waals surface area contributed by atoms with Gasteiger partial charge in [-0.05, 0) is 36.8 Å². The van der Waals surface area contributed by atoms with Crippen LogP contribution in [-0.2, 0) is 6.54 Å². The molecular weight excluding hydrogens is 285 g/mol. The highest BCUT2D eigenvalue weighted by Crippen LogP contribution is 2.22. The molecule has 1 aromatic carbocycles. The molecule has 0 amide bonds. The lowest BCUT2D eigenvalue weighted by Gasteiger charge is -2.07. The molecule has 0 saturated heterocycles. The Morgan fingerprint density at radius 2 is 2.14 bits per heavy atom. The molecule has 0 unspecified atom stereocenters. The van der Waals surface area contributed by atoms with Crippen molar-refractivity contribution >= 4 is 17.0 Å². The normalized spacial score (nSPS) is 10.6. The fraction of sp³-hybridized carbons (Fsp3) is 0.125. The maximum Gasteiger partial charge on any atom is 0.142 e. The molecule has 2 aromatic heterocycles. The van der Waals surface area contributed by atoms with Crippen LogP contribution in [0.2, 0.25) is 0 Å². The minimum atomic E-state index is -0.240. The van der Waals surface area contributed by atoms with Crippen LogP contribution in [0.1, 0.15) is 11.3 Å². The summed E-state index contributed by atoms with van der Waals surface area (Å²) in [6, 6.07) is 10.5. The van der Waals surface area contributed by atoms with Crippen molar-refractivity contribution < 1.29 is 4.39 Å². The van der Waals surface area contributed by atoms with E-state index in [2.05, 4.69) is 15.3 Å². The number of rotatable bonds is 4. The second-order valence-corrected chi connectivity index (χ2v) is 5.53. The third-order valence-electron chi connectivity index (χ3n) is 3.10. The number of pyridine rings is 1. The first-order valence-electron chi connectivity index (χ1n) is 6.58. The standard InChI is InChI=1S/C16H14FN3S/c1-11-5-6-12(17)8-15(11)19-9-13-10-21-16(20-13)14-4-2-3-7-18-14/h2-8,10,19H,9H2,1H3. The van der Waals surface area contributed by atoms with Gasteiger partial charge < -0.3 is 5.32 Å². The van der Waals surface area contributed by atoms with Crippen LogP contribution in [0.25, 0.3) is 10.7 Å². The van der Waals surface area contributed by atoms with Crippen LogP contribution in [0.15, 0.2) is 48.0 Å². The summed E-state index contributed by atoms with van der Waals surface area (Å²) < 4.78 is 13.2. The summed E-state index contributed by atoms with van der Waals surface area (Å²) in [5, 5.41) is 6.10. The van der Waals surface area contributed by atoms with E-state index < -0.39 is 0 Å². The predicted molar refractivity (Wildman–Crippen MR) is 83.8 cm³/mol. The molecule has 21 heavy (non-hydrogen) atoms. The molecule has 0 spiro atoms. The summed E-state index contributed by atoms with van der Waals surface area (Å²) in [5.74, 6) is -0.240. The zero-order chi connectivity index (χ0) is 14.7. The van der Waals surface area contributed by atoms with E-state index in [0.717, 1.165) is 27.6 Å². The van der Waals surface area contributed by atoms with Crippen molar-refractivity contribution in [2.45, 2.75) is 13.5 Å². The molecule has 0 aliphatic carbocycles. The summed E-state index contributed by atoms with van der Waals surface area (Å²) >= 11 is 1.56. The van der Waals surface area contributed by atoms with Crippen LogP contribution in [0.5, 0.6) is 0 Å². The fourth-order valence-corrected chi connectivity index (χ4v) is 2.76. The Kier molecular flexibility index (Phi) is 3.92. The number of thiazole rings is 1. The summed E-state index contributed by atoms with van der Waals surface area (Å²) in [6.07, 6.45) is 1.75. The number of nitrogens with one attached hydrogen (secondary N) is 1. The Hall–Kier alpha value is -2.27. The van der Waals surface area contributed by atoms with Gasteiger partial charge in [0, 0.05) is 17.3 Å². The minimum absolute atomic E-state index is 0.240. The molecule has 1 N–H and O–H groups in total. The van der Waals surface area contributed by atoms with Gasteiger partial charge >= 0.3 is 0 Å². The van der Waals surface area contributed by atoms with E-state index in [1.54, 1.807) is 23.6 Å². The first kappa shape index (κ1) is 13.7. The molecule has 0 radical (unpaired) electrons. The van der Waals surface area contributed by atoms with Crippen LogP contribution in [-0.4, -0.2) is 9.97 Å². The first-order valence-corrected chi connectivity index (χ1v) is 7.46. The molecule has 0 bridgehead atoms. The lowest BCUT2D eigenvalue weighted by molar-refractivity contribution is 0.628. The lowest BCUT2D eigenvalue weighted by Crippen LogP contribution is -2.01. The summed E-state index contributed by atoms with van der Waals surface area (Å²) in [5.41, 5.74) is 3.60. The average Bonchev–Trinajstić information content (AvgIpc) is 2.98. The Bertz CT molecular complexity index is 740. The van der Waals surface area contributed by atoms with E-state index in [1.165, 1.54) is 12.1 Å². The van der Waals surface area contributed by atoms with E-state index in [9.17, 15) is 4.39 Å². The number of halogens is 1. The Balaban J connectivity index is 1.72. The van der Waals surface area contributed by atoms with Crippen molar-refractivity contribution in [1.29, 1.82) is 0 Å². The minimum Gasteiger partial charge on any atom is -0.379 e. The third kappa shape index (κ3) is 3.25. The first-order chi connectivity index (χ1) is 10.2. The number of hydrogen-bond donors (Lipinski definition) is 1. The molecule has 0 atom stereocenters. The maximum absolute atomic E-state index is 13.2. The molecule has 3 nitrogen and oxygen atoms in total. The third-order valence-corrected chi connectivity index (χ3v) is 4.01. The Labute approximate surface area is 126 Å². The quantitative estimate of drug-likeness (QED) is 0.782. The number of benzene rings is 1. The van der Waals surface area contributed by atoms with Crippen LogP contribution in [0, 0.1) is 12.7 Å². The van der Waals surface area contributed by atoms with Gasteiger partial charge in [-0.15, -0.1) is 11.3 Å². The van der Waals surface area contributed by atoms with Gasteiger partial charge in [-0.1, -0.05) is 12.1 Å². The number of aromatic nitrogens is 2. The van der Waals surface area contributed by atoms with E-state index in [-0.39, 0.29) is 5.82 Å². The second kappa shape index (κ2) is 6.01. The molecule has 0 fully saturated rings. The molecular formula is C16H14FN3S. The highest BCUT2D eigenvalue weighted by atomic mass is 32.1. The van der Waals surface area contributed by atoms with E-state index in [4.69, 9.17) is 0 Å². The van der Waals surface area contributed by atoms with Gasteiger partial charge in [-0.25, -0.2) is 9.37 Å². The number of hydrogen-bond acceptors (Lipinski definition) is 4. The van der Waals surface area contributed by atoms with Crippen LogP contribution < -0.4 is 5.32 Å². The van der Waals surface area contributed by atoms with Crippen LogP contribution >= 0.6 is 11.3 Å². The average molecular weight is 299 g/mol. The zero-order valence-electron chi connectivity index (χ0n) is 11.5. The van der Waals surface area contributed by atoms with Crippen molar-refractivity contribution in [3.05, 3.63) is 65.0 Å². The Morgan fingerprint density at radius 1 is 1.24 bits per heavy atom. The highest BCUT2D eigenvalue weighted by Gasteiger charge is 2.06. The summed E-state index contributed by atoms with van der Waals surface area (Å²) in [4.78, 5) is 8.83. The highest BCUT2D eigenvalue weighted by molar-refractivity contribution is 7.13. The van der Waals surface area contributed by atoms with Crippen LogP contribution in [0.3, 0.4) is 0 Å². The molecule has 0 saturated carbocycles. The fourth-order valence-electron chi connectivity index (χ4n) is 1.97. The molecule has 3 rings (SSSR count). The number of nitrogens with zero attached hydrogens (tertiary/aromatic N) is 2. The molecule has 0 aliphatic heterocycles. The van der Waals surface area contributed by atoms with Crippen LogP contribution in [0.4, 0.5) is 10.1 Å². The maximum atomic E-state index is 13.2. The van der Waals surface area contributed by atoms with E-state index in [0.29, 0.717) is 6.54 Å². The van der Waals surface area contributed by atoms with Crippen molar-refractivity contribution in [1.82, 2.24) is 9.97 Å². The molecule has 5 heteroatoms. The van der Waals surface area contributed by atoms with Gasteiger partial charge in [0.15, 0.2) is 0 Å². The molecule has 3 aromatic rings. The molecule has 106 valence electrons. The van der Waals surface area contributed by atoms with E-state index in [1.807, 2.05) is 30.5 Å². The largest absolute Gasteiger partial charge is 0.379 e. The number of anilines is 1. The van der Waals surface area contributed by atoms with Crippen molar-refractivity contribution in [3.63, 3.8) is 0 Å².